The summed E-state index contributed by atoms with van der Waals surface area (Å²) in [5.41, 5.74) is 4.44. The number of rotatable bonds is 12. The summed E-state index contributed by atoms with van der Waals surface area (Å²) in [5.74, 6) is -0.738. The lowest BCUT2D eigenvalue weighted by atomic mass is 9.79. The van der Waals surface area contributed by atoms with Gasteiger partial charge in [0.2, 0.25) is 5.91 Å². The van der Waals surface area contributed by atoms with Crippen molar-refractivity contribution >= 4 is 18.0 Å². The molecule has 204 valence electrons. The van der Waals surface area contributed by atoms with Crippen LogP contribution in [-0.2, 0) is 14.3 Å². The van der Waals surface area contributed by atoms with Crippen LogP contribution in [0, 0.1) is 5.41 Å². The van der Waals surface area contributed by atoms with Crippen LogP contribution in [0.2, 0.25) is 0 Å². The highest BCUT2D eigenvalue weighted by Gasteiger charge is 2.38. The van der Waals surface area contributed by atoms with Gasteiger partial charge in [-0.1, -0.05) is 61.4 Å². The Bertz CT molecular complexity index is 1100. The Labute approximate surface area is 225 Å². The highest BCUT2D eigenvalue weighted by molar-refractivity contribution is 5.79. The molecule has 0 heterocycles. The number of amides is 2. The molecule has 0 aromatic heterocycles. The third-order valence-corrected chi connectivity index (χ3v) is 8.28. The molecule has 0 unspecified atom stereocenters. The van der Waals surface area contributed by atoms with Gasteiger partial charge in [-0.25, -0.2) is 4.79 Å². The van der Waals surface area contributed by atoms with Gasteiger partial charge in [0.1, 0.15) is 6.61 Å². The van der Waals surface area contributed by atoms with E-state index in [1.165, 1.54) is 22.3 Å². The number of aliphatic carboxylic acids is 1. The van der Waals surface area contributed by atoms with Crippen LogP contribution < -0.4 is 0 Å². The number of fused-ring (bicyclic) bond motifs is 3. The van der Waals surface area contributed by atoms with E-state index in [0.717, 1.165) is 44.9 Å². The van der Waals surface area contributed by atoms with Gasteiger partial charge in [-0.3, -0.25) is 9.59 Å². The number of hydrogen-bond acceptors (Lipinski definition) is 4. The Morgan fingerprint density at radius 2 is 1.39 bits per heavy atom. The van der Waals surface area contributed by atoms with Gasteiger partial charge >= 0.3 is 12.1 Å². The Hall–Kier alpha value is -3.35. The molecule has 2 aliphatic carbocycles. The number of hydrogen-bond donors (Lipinski definition) is 1. The van der Waals surface area contributed by atoms with Crippen molar-refractivity contribution in [3.8, 4) is 11.1 Å². The van der Waals surface area contributed by atoms with E-state index in [-0.39, 0.29) is 29.8 Å². The maximum Gasteiger partial charge on any atom is 0.409 e. The molecule has 0 atom stereocenters. The largest absolute Gasteiger partial charge is 0.481 e. The lowest BCUT2D eigenvalue weighted by Crippen LogP contribution is -2.34. The van der Waals surface area contributed by atoms with Crippen LogP contribution in [0.1, 0.15) is 74.8 Å². The molecule has 0 radical (unpaired) electrons. The lowest BCUT2D eigenvalue weighted by Gasteiger charge is -2.29. The molecule has 0 bridgehead atoms. The zero-order chi connectivity index (χ0) is 27.1. The summed E-state index contributed by atoms with van der Waals surface area (Å²) in [7, 11) is 3.56. The van der Waals surface area contributed by atoms with Gasteiger partial charge in [-0.15, -0.1) is 0 Å². The molecule has 1 saturated carbocycles. The molecule has 1 N–H and O–H groups in total. The van der Waals surface area contributed by atoms with Gasteiger partial charge < -0.3 is 19.6 Å². The second-order valence-corrected chi connectivity index (χ2v) is 11.1. The fourth-order valence-electron chi connectivity index (χ4n) is 6.11. The third-order valence-electron chi connectivity index (χ3n) is 8.28. The van der Waals surface area contributed by atoms with E-state index in [1.807, 2.05) is 24.3 Å². The Morgan fingerprint density at radius 1 is 0.842 bits per heavy atom. The highest BCUT2D eigenvalue weighted by atomic mass is 16.6. The maximum absolute atomic E-state index is 12.7. The Balaban J connectivity index is 1.16. The summed E-state index contributed by atoms with van der Waals surface area (Å²) in [4.78, 5) is 40.1. The molecular weight excluding hydrogens is 480 g/mol. The predicted octanol–water partition coefficient (Wildman–Crippen LogP) is 5.92. The first-order valence-corrected chi connectivity index (χ1v) is 13.8. The number of carboxylic acid groups (broad SMARTS) is 1. The first kappa shape index (κ1) is 27.7. The predicted molar refractivity (Wildman–Crippen MR) is 147 cm³/mol. The monoisotopic (exact) mass is 520 g/mol. The Kier molecular flexibility index (Phi) is 9.08. The van der Waals surface area contributed by atoms with Crippen molar-refractivity contribution in [3.63, 3.8) is 0 Å². The van der Waals surface area contributed by atoms with Crippen molar-refractivity contribution in [1.29, 1.82) is 0 Å². The lowest BCUT2D eigenvalue weighted by molar-refractivity contribution is -0.141. The van der Waals surface area contributed by atoms with Crippen molar-refractivity contribution < 1.29 is 24.2 Å². The number of ether oxygens (including phenoxy) is 1. The van der Waals surface area contributed by atoms with Crippen molar-refractivity contribution in [3.05, 3.63) is 59.7 Å². The summed E-state index contributed by atoms with van der Waals surface area (Å²) < 4.78 is 5.72. The molecule has 4 rings (SSSR count). The molecule has 7 nitrogen and oxygen atoms in total. The summed E-state index contributed by atoms with van der Waals surface area (Å²) >= 11 is 0. The van der Waals surface area contributed by atoms with Crippen LogP contribution in [0.4, 0.5) is 4.79 Å². The van der Waals surface area contributed by atoms with Crippen molar-refractivity contribution in [2.45, 2.75) is 63.7 Å². The zero-order valence-corrected chi connectivity index (χ0v) is 22.7. The van der Waals surface area contributed by atoms with Gasteiger partial charge in [0.15, 0.2) is 0 Å². The second kappa shape index (κ2) is 12.5. The minimum absolute atomic E-state index is 0.0314. The molecule has 2 aliphatic rings. The summed E-state index contributed by atoms with van der Waals surface area (Å²) in [6.45, 7) is 1.54. The second-order valence-electron chi connectivity index (χ2n) is 11.1. The van der Waals surface area contributed by atoms with Gasteiger partial charge in [0, 0.05) is 39.5 Å². The van der Waals surface area contributed by atoms with E-state index in [9.17, 15) is 19.5 Å². The van der Waals surface area contributed by atoms with Crippen LogP contribution in [-0.4, -0.2) is 66.7 Å². The summed E-state index contributed by atoms with van der Waals surface area (Å²) in [6.07, 6.45) is 6.27. The quantitative estimate of drug-likeness (QED) is 0.351. The average Bonchev–Trinajstić information content (AvgIpc) is 3.48. The number of carboxylic acids is 1. The third kappa shape index (κ3) is 6.55. The van der Waals surface area contributed by atoms with Crippen molar-refractivity contribution in [2.24, 2.45) is 5.41 Å². The molecular formula is C31H40N2O5. The van der Waals surface area contributed by atoms with Crippen LogP contribution in [0.15, 0.2) is 48.5 Å². The van der Waals surface area contributed by atoms with Crippen molar-refractivity contribution in [2.75, 3.05) is 33.8 Å². The number of benzene rings is 2. The fraction of sp³-hybridized carbons (Fsp3) is 0.516. The minimum Gasteiger partial charge on any atom is -0.481 e. The molecule has 0 saturated heterocycles. The molecule has 0 aliphatic heterocycles. The molecule has 0 spiro atoms. The number of carbonyl (C=O) groups is 3. The van der Waals surface area contributed by atoms with E-state index in [2.05, 4.69) is 24.3 Å². The molecule has 2 amide bonds. The first-order chi connectivity index (χ1) is 18.3. The molecule has 2 aromatic rings. The topological polar surface area (TPSA) is 87.2 Å². The first-order valence-electron chi connectivity index (χ1n) is 13.8. The number of carbonyl (C=O) groups excluding carboxylic acids is 2. The molecule has 7 heteroatoms. The van der Waals surface area contributed by atoms with Crippen LogP contribution in [0.3, 0.4) is 0 Å². The van der Waals surface area contributed by atoms with E-state index >= 15 is 0 Å². The fourth-order valence-corrected chi connectivity index (χ4v) is 6.11. The van der Waals surface area contributed by atoms with E-state index in [0.29, 0.717) is 26.1 Å². The van der Waals surface area contributed by atoms with Crippen LogP contribution >= 0.6 is 0 Å². The van der Waals surface area contributed by atoms with Crippen molar-refractivity contribution in [1.82, 2.24) is 9.80 Å². The van der Waals surface area contributed by atoms with Crippen LogP contribution in [0.5, 0.6) is 0 Å². The zero-order valence-electron chi connectivity index (χ0n) is 22.7. The normalized spacial score (nSPS) is 15.5. The smallest absolute Gasteiger partial charge is 0.409 e. The SMILES string of the molecule is CN(CCCCCN(C)C(=O)OCC1c2ccccc2-c2ccccc21)C(=O)CC1(CC(=O)O)CCCC1. The molecule has 38 heavy (non-hydrogen) atoms. The van der Waals surface area contributed by atoms with Gasteiger partial charge in [-0.2, -0.15) is 0 Å². The number of nitrogens with zero attached hydrogens (tertiary/aromatic N) is 2. The van der Waals surface area contributed by atoms with Gasteiger partial charge in [0.05, 0.1) is 6.42 Å². The minimum atomic E-state index is -0.817. The average molecular weight is 521 g/mol. The Morgan fingerprint density at radius 3 is 1.97 bits per heavy atom. The molecule has 1 fully saturated rings. The van der Waals surface area contributed by atoms with E-state index in [4.69, 9.17) is 4.74 Å². The van der Waals surface area contributed by atoms with E-state index in [1.54, 1.807) is 23.9 Å². The van der Waals surface area contributed by atoms with Crippen LogP contribution in [0.25, 0.3) is 11.1 Å². The number of unbranched alkanes of at least 4 members (excludes halogenated alkanes) is 2. The van der Waals surface area contributed by atoms with E-state index < -0.39 is 5.97 Å². The summed E-state index contributed by atoms with van der Waals surface area (Å²) in [6, 6.07) is 16.6. The highest BCUT2D eigenvalue weighted by Crippen LogP contribution is 2.45. The standard InChI is InChI=1S/C31H40N2O5/c1-32(28(34)20-31(21-29(35)36)16-8-9-17-31)18-10-3-11-19-33(2)30(37)38-22-27-25-14-6-4-12-23(25)24-13-5-7-15-26(24)27/h4-7,12-15,27H,3,8-11,16-22H2,1-2H3,(H,35,36). The van der Waals surface area contributed by atoms with Gasteiger partial charge in [0.25, 0.3) is 0 Å². The summed E-state index contributed by atoms with van der Waals surface area (Å²) in [5, 5.41) is 9.28. The molecule has 2 aromatic carbocycles. The maximum atomic E-state index is 12.7. The van der Waals surface area contributed by atoms with Gasteiger partial charge in [-0.05, 0) is 59.8 Å².